The Morgan fingerprint density at radius 2 is 1.47 bits per heavy atom. The summed E-state index contributed by atoms with van der Waals surface area (Å²) < 4.78 is 1.67. The monoisotopic (exact) mass is 427 g/mol. The quantitative estimate of drug-likeness (QED) is 0.252. The maximum atomic E-state index is 4.52. The zero-order valence-electron chi connectivity index (χ0n) is 18.0. The first-order valence-corrected chi connectivity index (χ1v) is 12.2. The Labute approximate surface area is 183 Å². The molecule has 3 aromatic rings. The van der Waals surface area contributed by atoms with Gasteiger partial charge in [0.2, 0.25) is 5.16 Å². The molecule has 0 unspecified atom stereocenters. The van der Waals surface area contributed by atoms with Gasteiger partial charge < -0.3 is 5.32 Å². The standard InChI is InChI=1S/C22H33N7S/c1-2-3-4-5-6-7-8-9-10-14-17-23-20-24-25-21-26-27-22(29(21)28-20)30-18-19-15-12-11-13-16-19/h11-13,15-16H,2-10,14,17-18H2,1H3,(H,23,28). The lowest BCUT2D eigenvalue weighted by Crippen LogP contribution is -2.10. The molecule has 30 heavy (non-hydrogen) atoms. The molecule has 3 rings (SSSR count). The number of nitrogens with one attached hydrogen (secondary N) is 1. The molecule has 162 valence electrons. The SMILES string of the molecule is CCCCCCCCCCCCNc1nnc2nnc(SCc3ccccc3)n2n1. The molecule has 0 saturated heterocycles. The molecule has 0 amide bonds. The zero-order chi connectivity index (χ0) is 20.9. The molecule has 1 N–H and O–H groups in total. The lowest BCUT2D eigenvalue weighted by atomic mass is 10.1. The summed E-state index contributed by atoms with van der Waals surface area (Å²) in [5, 5.41) is 25.0. The minimum Gasteiger partial charge on any atom is -0.352 e. The molecular weight excluding hydrogens is 394 g/mol. The molecule has 8 heteroatoms. The van der Waals surface area contributed by atoms with Gasteiger partial charge >= 0.3 is 0 Å². The summed E-state index contributed by atoms with van der Waals surface area (Å²) >= 11 is 1.60. The molecule has 0 aliphatic rings. The van der Waals surface area contributed by atoms with E-state index in [-0.39, 0.29) is 0 Å². The van der Waals surface area contributed by atoms with Crippen LogP contribution in [0, 0.1) is 0 Å². The van der Waals surface area contributed by atoms with E-state index in [4.69, 9.17) is 0 Å². The second-order valence-corrected chi connectivity index (χ2v) is 8.54. The largest absolute Gasteiger partial charge is 0.352 e. The van der Waals surface area contributed by atoms with E-state index in [9.17, 15) is 0 Å². The van der Waals surface area contributed by atoms with Gasteiger partial charge in [-0.25, -0.2) is 0 Å². The normalized spacial score (nSPS) is 11.2. The molecule has 0 spiro atoms. The van der Waals surface area contributed by atoms with Crippen LogP contribution in [0.3, 0.4) is 0 Å². The molecule has 0 aliphatic heterocycles. The van der Waals surface area contributed by atoms with Crippen molar-refractivity contribution in [3.8, 4) is 0 Å². The summed E-state index contributed by atoms with van der Waals surface area (Å²) in [6.07, 6.45) is 13.3. The zero-order valence-corrected chi connectivity index (χ0v) is 18.8. The van der Waals surface area contributed by atoms with E-state index >= 15 is 0 Å². The van der Waals surface area contributed by atoms with Crippen LogP contribution in [-0.4, -0.2) is 36.6 Å². The van der Waals surface area contributed by atoms with E-state index in [2.05, 4.69) is 49.9 Å². The number of hydrogen-bond donors (Lipinski definition) is 1. The van der Waals surface area contributed by atoms with Crippen LogP contribution in [-0.2, 0) is 5.75 Å². The first-order valence-electron chi connectivity index (χ1n) is 11.2. The average Bonchev–Trinajstić information content (AvgIpc) is 3.19. The lowest BCUT2D eigenvalue weighted by molar-refractivity contribution is 0.559. The van der Waals surface area contributed by atoms with Crippen LogP contribution >= 0.6 is 11.8 Å². The number of benzene rings is 1. The van der Waals surface area contributed by atoms with Gasteiger partial charge in [-0.1, -0.05) is 107 Å². The van der Waals surface area contributed by atoms with Crippen LogP contribution in [0.25, 0.3) is 5.78 Å². The van der Waals surface area contributed by atoms with Crippen molar-refractivity contribution in [1.82, 2.24) is 30.0 Å². The lowest BCUT2D eigenvalue weighted by Gasteiger charge is -2.05. The van der Waals surface area contributed by atoms with Gasteiger partial charge in [-0.05, 0) is 12.0 Å². The number of unbranched alkanes of at least 4 members (excludes halogenated alkanes) is 9. The Balaban J connectivity index is 1.35. The predicted molar refractivity (Wildman–Crippen MR) is 123 cm³/mol. The van der Waals surface area contributed by atoms with Crippen LogP contribution in [0.4, 0.5) is 5.95 Å². The number of thioether (sulfide) groups is 1. The van der Waals surface area contributed by atoms with Crippen LogP contribution in [0.15, 0.2) is 35.5 Å². The number of aromatic nitrogens is 6. The molecule has 0 saturated carbocycles. The highest BCUT2D eigenvalue weighted by molar-refractivity contribution is 7.98. The Morgan fingerprint density at radius 1 is 0.800 bits per heavy atom. The van der Waals surface area contributed by atoms with Crippen LogP contribution in [0.2, 0.25) is 0 Å². The third kappa shape index (κ3) is 7.55. The second kappa shape index (κ2) is 13.2. The predicted octanol–water partition coefficient (Wildman–Crippen LogP) is 5.54. The summed E-state index contributed by atoms with van der Waals surface area (Å²) in [5.41, 5.74) is 1.24. The Hall–Kier alpha value is -2.22. The molecule has 2 heterocycles. The molecule has 1 aromatic carbocycles. The highest BCUT2D eigenvalue weighted by Crippen LogP contribution is 2.20. The van der Waals surface area contributed by atoms with Gasteiger partial charge in [0.25, 0.3) is 11.7 Å². The van der Waals surface area contributed by atoms with Crippen LogP contribution in [0.5, 0.6) is 0 Å². The number of rotatable bonds is 15. The Morgan fingerprint density at radius 3 is 2.20 bits per heavy atom. The smallest absolute Gasteiger partial charge is 0.291 e. The van der Waals surface area contributed by atoms with Gasteiger partial charge in [0.05, 0.1) is 0 Å². The number of fused-ring (bicyclic) bond motifs is 1. The summed E-state index contributed by atoms with van der Waals surface area (Å²) in [6.45, 7) is 3.13. The molecular formula is C22H33N7S. The maximum absolute atomic E-state index is 4.52. The van der Waals surface area contributed by atoms with Gasteiger partial charge in [0, 0.05) is 12.3 Å². The highest BCUT2D eigenvalue weighted by Gasteiger charge is 2.10. The number of nitrogens with zero attached hydrogens (tertiary/aromatic N) is 6. The van der Waals surface area contributed by atoms with E-state index in [0.717, 1.165) is 23.9 Å². The minimum atomic E-state index is 0.426. The van der Waals surface area contributed by atoms with Crippen molar-refractivity contribution >= 4 is 23.5 Å². The van der Waals surface area contributed by atoms with Crippen molar-refractivity contribution in [3.63, 3.8) is 0 Å². The number of hydrogen-bond acceptors (Lipinski definition) is 7. The molecule has 0 atom stereocenters. The van der Waals surface area contributed by atoms with Gasteiger partial charge in [-0.15, -0.1) is 25.5 Å². The van der Waals surface area contributed by atoms with Gasteiger partial charge in [-0.2, -0.15) is 4.52 Å². The Bertz CT molecular complexity index is 853. The molecule has 0 bridgehead atoms. The molecule has 0 radical (unpaired) electrons. The molecule has 0 fully saturated rings. The van der Waals surface area contributed by atoms with E-state index < -0.39 is 0 Å². The fraction of sp³-hybridized carbons (Fsp3) is 0.591. The van der Waals surface area contributed by atoms with Crippen LogP contribution < -0.4 is 5.32 Å². The molecule has 0 aliphatic carbocycles. The van der Waals surface area contributed by atoms with E-state index in [1.807, 2.05) is 18.2 Å². The van der Waals surface area contributed by atoms with Crippen molar-refractivity contribution in [2.24, 2.45) is 0 Å². The average molecular weight is 428 g/mol. The summed E-state index contributed by atoms with van der Waals surface area (Å²) in [7, 11) is 0. The second-order valence-electron chi connectivity index (χ2n) is 7.60. The van der Waals surface area contributed by atoms with Gasteiger partial charge in [0.1, 0.15) is 0 Å². The van der Waals surface area contributed by atoms with E-state index in [0.29, 0.717) is 11.7 Å². The first kappa shape index (κ1) is 22.5. The fourth-order valence-electron chi connectivity index (χ4n) is 3.31. The summed E-state index contributed by atoms with van der Waals surface area (Å²) in [5.74, 6) is 1.77. The fourth-order valence-corrected chi connectivity index (χ4v) is 4.14. The van der Waals surface area contributed by atoms with Crippen molar-refractivity contribution in [2.45, 2.75) is 82.0 Å². The van der Waals surface area contributed by atoms with Crippen molar-refractivity contribution < 1.29 is 0 Å². The van der Waals surface area contributed by atoms with Crippen molar-refractivity contribution in [3.05, 3.63) is 35.9 Å². The third-order valence-electron chi connectivity index (χ3n) is 5.05. The Kier molecular flexibility index (Phi) is 9.85. The summed E-state index contributed by atoms with van der Waals surface area (Å²) in [4.78, 5) is 0. The highest BCUT2D eigenvalue weighted by atomic mass is 32.2. The summed E-state index contributed by atoms with van der Waals surface area (Å²) in [6, 6.07) is 10.3. The molecule has 2 aromatic heterocycles. The van der Waals surface area contributed by atoms with Crippen LogP contribution in [0.1, 0.15) is 76.7 Å². The topological polar surface area (TPSA) is 80.9 Å². The first-order chi connectivity index (χ1) is 14.9. The number of anilines is 1. The minimum absolute atomic E-state index is 0.426. The van der Waals surface area contributed by atoms with E-state index in [1.54, 1.807) is 16.3 Å². The van der Waals surface area contributed by atoms with Crippen molar-refractivity contribution in [1.29, 1.82) is 0 Å². The maximum Gasteiger partial charge on any atom is 0.291 e. The van der Waals surface area contributed by atoms with Crippen molar-refractivity contribution in [2.75, 3.05) is 11.9 Å². The van der Waals surface area contributed by atoms with Gasteiger partial charge in [0.15, 0.2) is 0 Å². The third-order valence-corrected chi connectivity index (χ3v) is 6.04. The van der Waals surface area contributed by atoms with E-state index in [1.165, 1.54) is 63.4 Å². The van der Waals surface area contributed by atoms with Gasteiger partial charge in [-0.3, -0.25) is 0 Å². The molecule has 7 nitrogen and oxygen atoms in total.